The Labute approximate surface area is 165 Å². The van der Waals surface area contributed by atoms with E-state index in [1.165, 1.54) is 30.3 Å². The number of carbonyl (C=O) groups is 1. The van der Waals surface area contributed by atoms with Gasteiger partial charge in [0.05, 0.1) is 16.9 Å². The summed E-state index contributed by atoms with van der Waals surface area (Å²) in [7, 11) is 0. The van der Waals surface area contributed by atoms with Crippen molar-refractivity contribution in [3.63, 3.8) is 0 Å². The zero-order chi connectivity index (χ0) is 20.6. The zero-order valence-corrected chi connectivity index (χ0v) is 15.3. The van der Waals surface area contributed by atoms with Crippen molar-refractivity contribution >= 4 is 11.6 Å². The molecule has 148 valence electrons. The minimum absolute atomic E-state index is 0.182. The van der Waals surface area contributed by atoms with Crippen molar-refractivity contribution < 1.29 is 18.0 Å². The molecule has 0 atom stereocenters. The molecule has 1 amide bonds. The lowest BCUT2D eigenvalue weighted by Gasteiger charge is -2.19. The molecule has 1 aromatic heterocycles. The molecule has 3 N–H and O–H groups in total. The number of nitrogens with zero attached hydrogens (tertiary/aromatic N) is 1. The fourth-order valence-corrected chi connectivity index (χ4v) is 3.31. The van der Waals surface area contributed by atoms with Gasteiger partial charge < -0.3 is 11.1 Å². The van der Waals surface area contributed by atoms with Crippen LogP contribution in [0.15, 0.2) is 60.8 Å². The van der Waals surface area contributed by atoms with Gasteiger partial charge in [0.1, 0.15) is 5.82 Å². The van der Waals surface area contributed by atoms with E-state index in [4.69, 9.17) is 5.73 Å². The third-order valence-electron chi connectivity index (χ3n) is 5.11. The molecule has 4 nitrogen and oxygen atoms in total. The first-order valence-electron chi connectivity index (χ1n) is 9.10. The van der Waals surface area contributed by atoms with Crippen LogP contribution in [-0.2, 0) is 5.54 Å². The van der Waals surface area contributed by atoms with Gasteiger partial charge in [-0.25, -0.2) is 13.2 Å². The van der Waals surface area contributed by atoms with Crippen molar-refractivity contribution in [1.29, 1.82) is 0 Å². The van der Waals surface area contributed by atoms with Crippen LogP contribution in [0.25, 0.3) is 11.3 Å². The highest BCUT2D eigenvalue weighted by Crippen LogP contribution is 2.46. The molecule has 0 bridgehead atoms. The summed E-state index contributed by atoms with van der Waals surface area (Å²) in [5, 5.41) is 3.02. The highest BCUT2D eigenvalue weighted by molar-refractivity contribution is 5.95. The lowest BCUT2D eigenvalue weighted by molar-refractivity contribution is 0.0930. The molecule has 1 aliphatic rings. The van der Waals surface area contributed by atoms with Crippen molar-refractivity contribution in [1.82, 2.24) is 10.3 Å². The Kier molecular flexibility index (Phi) is 4.74. The van der Waals surface area contributed by atoms with Gasteiger partial charge in [-0.1, -0.05) is 24.3 Å². The number of alkyl halides is 2. The maximum absolute atomic E-state index is 13.1. The van der Waals surface area contributed by atoms with Crippen LogP contribution in [0.3, 0.4) is 0 Å². The second-order valence-corrected chi connectivity index (χ2v) is 7.13. The van der Waals surface area contributed by atoms with Gasteiger partial charge >= 0.3 is 0 Å². The van der Waals surface area contributed by atoms with E-state index >= 15 is 0 Å². The van der Waals surface area contributed by atoms with Crippen LogP contribution in [0.5, 0.6) is 0 Å². The predicted molar refractivity (Wildman–Crippen MR) is 104 cm³/mol. The molecule has 1 saturated carbocycles. The SMILES string of the molecule is Nc1cc(C(F)F)cnc1-c1ccc(C2(NC(=O)c3ccc(F)cc3)CC2)cc1. The first-order valence-corrected chi connectivity index (χ1v) is 9.10. The van der Waals surface area contributed by atoms with E-state index in [1.807, 2.05) is 12.1 Å². The number of nitrogens with two attached hydrogens (primary N) is 1. The fraction of sp³-hybridized carbons (Fsp3) is 0.182. The quantitative estimate of drug-likeness (QED) is 0.648. The van der Waals surface area contributed by atoms with Gasteiger partial charge in [-0.3, -0.25) is 9.78 Å². The number of carbonyl (C=O) groups excluding carboxylic acids is 1. The fourth-order valence-electron chi connectivity index (χ4n) is 3.31. The summed E-state index contributed by atoms with van der Waals surface area (Å²) >= 11 is 0. The number of nitrogen functional groups attached to an aromatic ring is 1. The molecule has 2 aromatic carbocycles. The Morgan fingerprint density at radius 1 is 1.07 bits per heavy atom. The summed E-state index contributed by atoms with van der Waals surface area (Å²) < 4.78 is 38.6. The minimum Gasteiger partial charge on any atom is -0.397 e. The van der Waals surface area contributed by atoms with E-state index in [9.17, 15) is 18.0 Å². The molecule has 1 aliphatic carbocycles. The average molecular weight is 397 g/mol. The van der Waals surface area contributed by atoms with Crippen molar-refractivity contribution in [2.45, 2.75) is 24.8 Å². The number of pyridine rings is 1. The number of anilines is 1. The van der Waals surface area contributed by atoms with Crippen molar-refractivity contribution in [2.24, 2.45) is 0 Å². The molecule has 1 fully saturated rings. The normalized spacial score (nSPS) is 14.6. The van der Waals surface area contributed by atoms with Crippen molar-refractivity contribution in [3.05, 3.63) is 83.3 Å². The zero-order valence-electron chi connectivity index (χ0n) is 15.3. The molecule has 0 radical (unpaired) electrons. The molecule has 3 aromatic rings. The van der Waals surface area contributed by atoms with Crippen molar-refractivity contribution in [2.75, 3.05) is 5.73 Å². The molecule has 1 heterocycles. The van der Waals surface area contributed by atoms with E-state index < -0.39 is 17.8 Å². The summed E-state index contributed by atoms with van der Waals surface area (Å²) in [5.74, 6) is -0.659. The number of nitrogens with one attached hydrogen (secondary N) is 1. The van der Waals surface area contributed by atoms with Crippen LogP contribution >= 0.6 is 0 Å². The number of benzene rings is 2. The third kappa shape index (κ3) is 3.81. The summed E-state index contributed by atoms with van der Waals surface area (Å²) in [6, 6.07) is 14.0. The number of hydrogen-bond acceptors (Lipinski definition) is 3. The number of aromatic nitrogens is 1. The van der Waals surface area contributed by atoms with E-state index in [1.54, 1.807) is 12.1 Å². The largest absolute Gasteiger partial charge is 0.397 e. The second kappa shape index (κ2) is 7.24. The highest BCUT2D eigenvalue weighted by Gasteiger charge is 2.45. The second-order valence-electron chi connectivity index (χ2n) is 7.13. The standard InChI is InChI=1S/C22H18F3N3O/c23-17-7-3-14(4-8-17)21(29)28-22(9-10-22)16-5-1-13(2-6-16)19-18(26)11-15(12-27-19)20(24)25/h1-8,11-12,20H,9-10,26H2,(H,28,29). The smallest absolute Gasteiger partial charge is 0.265 e. The van der Waals surface area contributed by atoms with Crippen LogP contribution in [0, 0.1) is 5.82 Å². The summed E-state index contributed by atoms with van der Waals surface area (Å²) in [4.78, 5) is 16.6. The maximum Gasteiger partial charge on any atom is 0.265 e. The Balaban J connectivity index is 1.53. The summed E-state index contributed by atoms with van der Waals surface area (Å²) in [6.07, 6.45) is 0.0850. The van der Waals surface area contributed by atoms with Crippen LogP contribution < -0.4 is 11.1 Å². The van der Waals surface area contributed by atoms with E-state index in [0.29, 0.717) is 16.8 Å². The molecule has 4 rings (SSSR count). The Morgan fingerprint density at radius 3 is 2.28 bits per heavy atom. The predicted octanol–water partition coefficient (Wildman–Crippen LogP) is 4.83. The van der Waals surface area contributed by atoms with Gasteiger partial charge in [-0.05, 0) is 48.7 Å². The highest BCUT2D eigenvalue weighted by atomic mass is 19.3. The van der Waals surface area contributed by atoms with Gasteiger partial charge in [0.2, 0.25) is 0 Å². The van der Waals surface area contributed by atoms with Gasteiger partial charge in [0, 0.05) is 22.9 Å². The Bertz CT molecular complexity index is 1050. The molecular formula is C22H18F3N3O. The van der Waals surface area contributed by atoms with Crippen LogP contribution in [0.1, 0.15) is 40.8 Å². The van der Waals surface area contributed by atoms with Crippen LogP contribution in [0.4, 0.5) is 18.9 Å². The van der Waals surface area contributed by atoms with Crippen LogP contribution in [0.2, 0.25) is 0 Å². The first kappa shape index (κ1) is 19.0. The number of halogens is 3. The number of amides is 1. The Morgan fingerprint density at radius 2 is 1.72 bits per heavy atom. The van der Waals surface area contributed by atoms with Crippen molar-refractivity contribution in [3.8, 4) is 11.3 Å². The van der Waals surface area contributed by atoms with Gasteiger partial charge in [-0.15, -0.1) is 0 Å². The van der Waals surface area contributed by atoms with Gasteiger partial charge in [0.25, 0.3) is 12.3 Å². The minimum atomic E-state index is -2.62. The Hall–Kier alpha value is -3.35. The van der Waals surface area contributed by atoms with E-state index in [-0.39, 0.29) is 17.2 Å². The maximum atomic E-state index is 13.1. The molecule has 0 aliphatic heterocycles. The molecular weight excluding hydrogens is 379 g/mol. The molecule has 29 heavy (non-hydrogen) atoms. The lowest BCUT2D eigenvalue weighted by Crippen LogP contribution is -2.34. The monoisotopic (exact) mass is 397 g/mol. The molecule has 7 heteroatoms. The van der Waals surface area contributed by atoms with Crippen LogP contribution in [-0.4, -0.2) is 10.9 Å². The average Bonchev–Trinajstić information content (AvgIpc) is 3.49. The van der Waals surface area contributed by atoms with E-state index in [0.717, 1.165) is 24.6 Å². The first-order chi connectivity index (χ1) is 13.9. The molecule has 0 saturated heterocycles. The molecule has 0 unspecified atom stereocenters. The number of rotatable bonds is 5. The van der Waals surface area contributed by atoms with E-state index in [2.05, 4.69) is 10.3 Å². The van der Waals surface area contributed by atoms with Gasteiger partial charge in [0.15, 0.2) is 0 Å². The topological polar surface area (TPSA) is 68.0 Å². The van der Waals surface area contributed by atoms with Gasteiger partial charge in [-0.2, -0.15) is 0 Å². The molecule has 0 spiro atoms. The summed E-state index contributed by atoms with van der Waals surface area (Å²) in [5.41, 5.74) is 7.85. The lowest BCUT2D eigenvalue weighted by atomic mass is 10.00. The summed E-state index contributed by atoms with van der Waals surface area (Å²) in [6.45, 7) is 0. The third-order valence-corrected chi connectivity index (χ3v) is 5.11. The number of hydrogen-bond donors (Lipinski definition) is 2.